The van der Waals surface area contributed by atoms with Crippen molar-refractivity contribution in [2.75, 3.05) is 0 Å². The number of rotatable bonds is 3. The second kappa shape index (κ2) is 4.24. The van der Waals surface area contributed by atoms with Crippen LogP contribution in [0.2, 0.25) is 0 Å². The monoisotopic (exact) mass is 259 g/mol. The van der Waals surface area contributed by atoms with Gasteiger partial charge in [-0.2, -0.15) is 0 Å². The molecule has 3 atom stereocenters. The molecule has 2 nitrogen and oxygen atoms in total. The van der Waals surface area contributed by atoms with Crippen molar-refractivity contribution in [1.82, 2.24) is 5.32 Å². The van der Waals surface area contributed by atoms with Gasteiger partial charge in [0.15, 0.2) is 0 Å². The van der Waals surface area contributed by atoms with Gasteiger partial charge in [-0.25, -0.2) is 0 Å². The van der Waals surface area contributed by atoms with Crippen LogP contribution in [-0.4, -0.2) is 11.1 Å². The van der Waals surface area contributed by atoms with Gasteiger partial charge in [-0.1, -0.05) is 39.0 Å². The summed E-state index contributed by atoms with van der Waals surface area (Å²) >= 11 is 0. The van der Waals surface area contributed by atoms with E-state index in [1.165, 1.54) is 19.3 Å². The normalized spacial score (nSPS) is 35.7. The van der Waals surface area contributed by atoms with Crippen molar-refractivity contribution >= 4 is 0 Å². The lowest BCUT2D eigenvalue weighted by atomic mass is 9.68. The van der Waals surface area contributed by atoms with Crippen LogP contribution in [0.25, 0.3) is 0 Å². The van der Waals surface area contributed by atoms with Gasteiger partial charge in [0.2, 0.25) is 0 Å². The van der Waals surface area contributed by atoms with Gasteiger partial charge in [0.25, 0.3) is 0 Å². The smallest absolute Gasteiger partial charge is 0.120 e. The van der Waals surface area contributed by atoms with Crippen LogP contribution in [0.1, 0.15) is 45.6 Å². The van der Waals surface area contributed by atoms with Gasteiger partial charge in [-0.05, 0) is 42.1 Å². The van der Waals surface area contributed by atoms with Gasteiger partial charge in [0.05, 0.1) is 0 Å². The average Bonchev–Trinajstić information content (AvgIpc) is 2.82. The number of fused-ring (bicyclic) bond motifs is 2. The van der Waals surface area contributed by atoms with Crippen molar-refractivity contribution in [3.8, 4) is 5.75 Å². The molecular weight excluding hydrogens is 234 g/mol. The molecule has 2 aliphatic rings. The van der Waals surface area contributed by atoms with Crippen LogP contribution in [0.4, 0.5) is 0 Å². The first-order chi connectivity index (χ1) is 8.93. The van der Waals surface area contributed by atoms with Crippen molar-refractivity contribution in [3.05, 3.63) is 29.8 Å². The van der Waals surface area contributed by atoms with E-state index >= 15 is 0 Å². The highest BCUT2D eigenvalue weighted by atomic mass is 16.3. The minimum atomic E-state index is 0.372. The number of phenols is 1. The fourth-order valence-electron chi connectivity index (χ4n) is 4.68. The number of hydrogen-bond acceptors (Lipinski definition) is 2. The van der Waals surface area contributed by atoms with Crippen LogP contribution in [-0.2, 0) is 6.54 Å². The molecule has 0 aromatic heterocycles. The van der Waals surface area contributed by atoms with Crippen molar-refractivity contribution in [1.29, 1.82) is 0 Å². The molecule has 1 unspecified atom stereocenters. The van der Waals surface area contributed by atoms with Crippen LogP contribution in [0, 0.1) is 16.7 Å². The zero-order valence-electron chi connectivity index (χ0n) is 12.2. The summed E-state index contributed by atoms with van der Waals surface area (Å²) in [4.78, 5) is 0. The average molecular weight is 259 g/mol. The number of aromatic hydroxyl groups is 1. The molecule has 2 saturated carbocycles. The molecule has 0 saturated heterocycles. The van der Waals surface area contributed by atoms with Gasteiger partial charge in [-0.3, -0.25) is 0 Å². The van der Waals surface area contributed by atoms with Crippen LogP contribution in [0.5, 0.6) is 5.75 Å². The minimum absolute atomic E-state index is 0.372. The van der Waals surface area contributed by atoms with E-state index in [1.54, 1.807) is 6.07 Å². The Morgan fingerprint density at radius 3 is 2.63 bits per heavy atom. The maximum atomic E-state index is 9.87. The predicted molar refractivity (Wildman–Crippen MR) is 78.0 cm³/mol. The molecule has 2 bridgehead atoms. The zero-order valence-corrected chi connectivity index (χ0v) is 12.2. The van der Waals surface area contributed by atoms with Crippen molar-refractivity contribution in [2.24, 2.45) is 16.7 Å². The maximum absolute atomic E-state index is 9.87. The molecule has 0 spiro atoms. The van der Waals surface area contributed by atoms with E-state index in [4.69, 9.17) is 0 Å². The number of benzene rings is 1. The summed E-state index contributed by atoms with van der Waals surface area (Å²) < 4.78 is 0. The summed E-state index contributed by atoms with van der Waals surface area (Å²) in [5, 5.41) is 13.6. The van der Waals surface area contributed by atoms with Crippen LogP contribution < -0.4 is 5.32 Å². The molecule has 2 N–H and O–H groups in total. The fourth-order valence-corrected chi connectivity index (χ4v) is 4.68. The Kier molecular flexibility index (Phi) is 2.90. The van der Waals surface area contributed by atoms with Crippen LogP contribution in [0.3, 0.4) is 0 Å². The molecule has 0 amide bonds. The fraction of sp³-hybridized carbons (Fsp3) is 0.647. The molecule has 1 aromatic rings. The number of nitrogens with one attached hydrogen (secondary N) is 1. The highest BCUT2D eigenvalue weighted by Crippen LogP contribution is 2.62. The Morgan fingerprint density at radius 2 is 2.00 bits per heavy atom. The molecule has 2 heteroatoms. The van der Waals surface area contributed by atoms with Crippen LogP contribution >= 0.6 is 0 Å². The molecule has 1 aromatic carbocycles. The van der Waals surface area contributed by atoms with Gasteiger partial charge in [0.1, 0.15) is 5.75 Å². The molecule has 0 aliphatic heterocycles. The van der Waals surface area contributed by atoms with Crippen LogP contribution in [0.15, 0.2) is 24.3 Å². The zero-order chi connectivity index (χ0) is 13.7. The molecule has 104 valence electrons. The van der Waals surface area contributed by atoms with E-state index in [1.807, 2.05) is 18.2 Å². The number of para-hydroxylation sites is 1. The second-order valence-corrected chi connectivity index (χ2v) is 7.36. The van der Waals surface area contributed by atoms with E-state index < -0.39 is 0 Å². The Labute approximate surface area is 116 Å². The van der Waals surface area contributed by atoms with Crippen molar-refractivity contribution in [3.63, 3.8) is 0 Å². The minimum Gasteiger partial charge on any atom is -0.508 e. The third-order valence-corrected chi connectivity index (χ3v) is 5.76. The standard InChI is InChI=1S/C17H25NO/c1-16(2)13-8-9-17(3,10-13)15(16)18-11-12-6-4-5-7-14(12)19/h4-7,13,15,18-19H,8-11H2,1-3H3/t13-,15?,17+/m0/s1. The lowest BCUT2D eigenvalue weighted by molar-refractivity contribution is 0.108. The first kappa shape index (κ1) is 13.0. The summed E-state index contributed by atoms with van der Waals surface area (Å²) in [5.74, 6) is 1.26. The summed E-state index contributed by atoms with van der Waals surface area (Å²) in [6.07, 6.45) is 4.09. The largest absolute Gasteiger partial charge is 0.508 e. The number of phenolic OH excluding ortho intramolecular Hbond substituents is 1. The first-order valence-electron chi connectivity index (χ1n) is 7.44. The summed E-state index contributed by atoms with van der Waals surface area (Å²) in [6.45, 7) is 8.02. The third kappa shape index (κ3) is 1.97. The SMILES string of the molecule is CC1(C)C(NCc2ccccc2O)[C@]2(C)CC[C@H]1C2. The van der Waals surface area contributed by atoms with Crippen molar-refractivity contribution < 1.29 is 5.11 Å². The Balaban J connectivity index is 1.75. The van der Waals surface area contributed by atoms with Gasteiger partial charge in [-0.15, -0.1) is 0 Å². The Bertz CT molecular complexity index is 477. The summed E-state index contributed by atoms with van der Waals surface area (Å²) in [7, 11) is 0. The number of hydrogen-bond donors (Lipinski definition) is 2. The Hall–Kier alpha value is -1.02. The maximum Gasteiger partial charge on any atom is 0.120 e. The topological polar surface area (TPSA) is 32.3 Å². The van der Waals surface area contributed by atoms with E-state index in [9.17, 15) is 5.11 Å². The molecular formula is C17H25NO. The van der Waals surface area contributed by atoms with E-state index in [-0.39, 0.29) is 0 Å². The molecule has 0 radical (unpaired) electrons. The lowest BCUT2D eigenvalue weighted by Gasteiger charge is -2.43. The van der Waals surface area contributed by atoms with E-state index in [0.29, 0.717) is 22.6 Å². The molecule has 0 heterocycles. The van der Waals surface area contributed by atoms with E-state index in [0.717, 1.165) is 18.0 Å². The van der Waals surface area contributed by atoms with Gasteiger partial charge in [0, 0.05) is 18.2 Å². The predicted octanol–water partition coefficient (Wildman–Crippen LogP) is 3.70. The van der Waals surface area contributed by atoms with Gasteiger partial charge < -0.3 is 10.4 Å². The molecule has 19 heavy (non-hydrogen) atoms. The highest BCUT2D eigenvalue weighted by Gasteiger charge is 2.58. The van der Waals surface area contributed by atoms with Crippen molar-refractivity contribution in [2.45, 2.75) is 52.6 Å². The summed E-state index contributed by atoms with van der Waals surface area (Å²) in [6, 6.07) is 8.19. The first-order valence-corrected chi connectivity index (χ1v) is 7.44. The lowest BCUT2D eigenvalue weighted by Crippen LogP contribution is -2.49. The highest BCUT2D eigenvalue weighted by molar-refractivity contribution is 5.31. The van der Waals surface area contributed by atoms with Gasteiger partial charge >= 0.3 is 0 Å². The molecule has 3 rings (SSSR count). The molecule has 2 aliphatic carbocycles. The molecule has 2 fully saturated rings. The second-order valence-electron chi connectivity index (χ2n) is 7.36. The Morgan fingerprint density at radius 1 is 1.26 bits per heavy atom. The quantitative estimate of drug-likeness (QED) is 0.867. The summed E-state index contributed by atoms with van der Waals surface area (Å²) in [5.41, 5.74) is 1.82. The van der Waals surface area contributed by atoms with E-state index in [2.05, 4.69) is 26.1 Å². The third-order valence-electron chi connectivity index (χ3n) is 5.76.